The van der Waals surface area contributed by atoms with Crippen molar-refractivity contribution in [3.8, 4) is 5.75 Å². The lowest BCUT2D eigenvalue weighted by atomic mass is 10.2. The maximum atomic E-state index is 13.4. The van der Waals surface area contributed by atoms with Crippen LogP contribution in [0.15, 0.2) is 29.2 Å². The molecule has 0 aromatic heterocycles. The Morgan fingerprint density at radius 1 is 0.917 bits per heavy atom. The Morgan fingerprint density at radius 2 is 1.42 bits per heavy atom. The fourth-order valence-corrected chi connectivity index (χ4v) is 2.57. The number of aromatic carboxylic acids is 1. The van der Waals surface area contributed by atoms with E-state index in [1.165, 1.54) is 0 Å². The van der Waals surface area contributed by atoms with E-state index < -0.39 is 61.4 Å². The molecule has 0 spiro atoms. The van der Waals surface area contributed by atoms with Crippen molar-refractivity contribution in [2.24, 2.45) is 0 Å². The summed E-state index contributed by atoms with van der Waals surface area (Å²) < 4.78 is 93.6. The number of rotatable bonds is 4. The van der Waals surface area contributed by atoms with E-state index in [2.05, 4.69) is 4.18 Å². The van der Waals surface area contributed by atoms with Crippen molar-refractivity contribution < 1.29 is 44.5 Å². The zero-order chi connectivity index (χ0) is 18.2. The molecule has 0 saturated carbocycles. The van der Waals surface area contributed by atoms with Crippen LogP contribution in [0.3, 0.4) is 0 Å². The summed E-state index contributed by atoms with van der Waals surface area (Å²) in [5.74, 6) is -16.1. The number of carboxylic acid groups (broad SMARTS) is 1. The monoisotopic (exact) mass is 367 g/mol. The van der Waals surface area contributed by atoms with Crippen LogP contribution in [0.4, 0.5) is 22.0 Å². The van der Waals surface area contributed by atoms with Crippen molar-refractivity contribution in [3.05, 3.63) is 58.9 Å². The van der Waals surface area contributed by atoms with Gasteiger partial charge in [0.1, 0.15) is 4.90 Å². The van der Waals surface area contributed by atoms with E-state index in [9.17, 15) is 40.3 Å². The molecule has 0 bridgehead atoms. The third-order valence-corrected chi connectivity index (χ3v) is 3.94. The van der Waals surface area contributed by atoms with Crippen LogP contribution in [0.2, 0.25) is 0 Å². The first-order chi connectivity index (χ1) is 11.1. The van der Waals surface area contributed by atoms with Crippen molar-refractivity contribution >= 4 is 16.1 Å². The molecule has 5 nitrogen and oxygen atoms in total. The van der Waals surface area contributed by atoms with Crippen molar-refractivity contribution in [1.29, 1.82) is 0 Å². The van der Waals surface area contributed by atoms with Gasteiger partial charge >= 0.3 is 10.1 Å². The molecule has 2 aromatic carbocycles. The Kier molecular flexibility index (Phi) is 4.47. The average Bonchev–Trinajstić information content (AvgIpc) is 2.55. The number of carbonyl (C=O) groups is 1. The maximum Gasteiger partial charge on any atom is 0.339 e. The summed E-state index contributed by atoms with van der Waals surface area (Å²) in [4.78, 5) is 9.77. The van der Waals surface area contributed by atoms with Gasteiger partial charge in [-0.2, -0.15) is 17.2 Å². The molecule has 0 aliphatic heterocycles. The smallest absolute Gasteiger partial charge is 0.339 e. The second-order valence-corrected chi connectivity index (χ2v) is 5.80. The molecule has 11 heteroatoms. The summed E-state index contributed by atoms with van der Waals surface area (Å²) in [6.07, 6.45) is 0. The fraction of sp³-hybridized carbons (Fsp3) is 0. The molecule has 128 valence electrons. The van der Waals surface area contributed by atoms with E-state index in [1.54, 1.807) is 0 Å². The summed E-state index contributed by atoms with van der Waals surface area (Å²) in [5.41, 5.74) is -0.614. The predicted octanol–water partition coefficient (Wildman–Crippen LogP) is 1.51. The third kappa shape index (κ3) is 3.02. The first-order valence-electron chi connectivity index (χ1n) is 5.83. The van der Waals surface area contributed by atoms with Gasteiger partial charge in [0, 0.05) is 0 Å². The zero-order valence-corrected chi connectivity index (χ0v) is 12.0. The van der Waals surface area contributed by atoms with Crippen molar-refractivity contribution in [2.75, 3.05) is 0 Å². The number of halogens is 5. The number of hydrogen-bond donors (Lipinski definition) is 0. The molecule has 2 rings (SSSR count). The Hall–Kier alpha value is -2.69. The van der Waals surface area contributed by atoms with Crippen molar-refractivity contribution in [2.45, 2.75) is 4.90 Å². The van der Waals surface area contributed by atoms with E-state index in [1.807, 2.05) is 0 Å². The first kappa shape index (κ1) is 17.7. The number of carbonyl (C=O) groups excluding carboxylic acids is 1. The van der Waals surface area contributed by atoms with Gasteiger partial charge in [-0.3, -0.25) is 0 Å². The Morgan fingerprint density at radius 3 is 1.92 bits per heavy atom. The van der Waals surface area contributed by atoms with Crippen LogP contribution in [-0.4, -0.2) is 14.4 Å². The molecule has 0 amide bonds. The highest BCUT2D eigenvalue weighted by Crippen LogP contribution is 2.31. The van der Waals surface area contributed by atoms with Gasteiger partial charge in [-0.1, -0.05) is 12.1 Å². The Labute approximate surface area is 131 Å². The summed E-state index contributed by atoms with van der Waals surface area (Å²) in [6, 6.07) is 3.21. The zero-order valence-electron chi connectivity index (χ0n) is 11.1. The molecular weight excluding hydrogens is 363 g/mol. The second-order valence-electron chi connectivity index (χ2n) is 4.25. The van der Waals surface area contributed by atoms with E-state index in [4.69, 9.17) is 0 Å². The minimum atomic E-state index is -5.09. The van der Waals surface area contributed by atoms with Gasteiger partial charge in [0.2, 0.25) is 34.8 Å². The lowest BCUT2D eigenvalue weighted by molar-refractivity contribution is -0.255. The van der Waals surface area contributed by atoms with Gasteiger partial charge in [-0.05, 0) is 17.7 Å². The topological polar surface area (TPSA) is 83.5 Å². The number of benzene rings is 2. The van der Waals surface area contributed by atoms with Crippen LogP contribution in [0.1, 0.15) is 10.4 Å². The average molecular weight is 367 g/mol. The quantitative estimate of drug-likeness (QED) is 0.354. The molecule has 2 aromatic rings. The van der Waals surface area contributed by atoms with Crippen LogP contribution in [0.25, 0.3) is 0 Å². The molecule has 0 aliphatic carbocycles. The van der Waals surface area contributed by atoms with Gasteiger partial charge in [0.25, 0.3) is 0 Å². The Balaban J connectivity index is 2.55. The molecule has 0 heterocycles. The summed E-state index contributed by atoms with van der Waals surface area (Å²) in [5, 5.41) is 10.7. The summed E-state index contributed by atoms with van der Waals surface area (Å²) >= 11 is 0. The lowest BCUT2D eigenvalue weighted by Crippen LogP contribution is -2.23. The van der Waals surface area contributed by atoms with Crippen LogP contribution in [0.5, 0.6) is 5.75 Å². The molecule has 0 aliphatic rings. The molecule has 24 heavy (non-hydrogen) atoms. The molecular formula is C13H4F5O5S-. The molecule has 0 radical (unpaired) electrons. The van der Waals surface area contributed by atoms with Crippen LogP contribution in [-0.2, 0) is 10.1 Å². The highest BCUT2D eigenvalue weighted by molar-refractivity contribution is 7.87. The minimum absolute atomic E-state index is 0.525. The van der Waals surface area contributed by atoms with Crippen LogP contribution in [0, 0.1) is 29.1 Å². The molecule has 0 fully saturated rings. The lowest BCUT2D eigenvalue weighted by Gasteiger charge is -2.11. The molecule has 0 N–H and O–H groups in total. The standard InChI is InChI=1S/C13H5F5O5S/c14-7-8(15)10(17)12(11(18)9(7)16)23-24(21,22)6-3-1-2-5(4-6)13(19)20/h1-4H,(H,19,20)/p-1. The van der Waals surface area contributed by atoms with Crippen molar-refractivity contribution in [1.82, 2.24) is 0 Å². The predicted molar refractivity (Wildman–Crippen MR) is 64.8 cm³/mol. The molecule has 0 saturated heterocycles. The normalized spacial score (nSPS) is 11.4. The SMILES string of the molecule is O=C([O-])c1cccc(S(=O)(=O)Oc2c(F)c(F)c(F)c(F)c2F)c1. The third-order valence-electron chi connectivity index (χ3n) is 2.72. The number of carboxylic acids is 1. The number of hydrogen-bond acceptors (Lipinski definition) is 5. The highest BCUT2D eigenvalue weighted by Gasteiger charge is 2.31. The van der Waals surface area contributed by atoms with Crippen LogP contribution < -0.4 is 9.29 Å². The summed E-state index contributed by atoms with van der Waals surface area (Å²) in [6.45, 7) is 0. The van der Waals surface area contributed by atoms with E-state index in [0.29, 0.717) is 6.07 Å². The van der Waals surface area contributed by atoms with Crippen LogP contribution >= 0.6 is 0 Å². The van der Waals surface area contributed by atoms with Gasteiger partial charge in [-0.25, -0.2) is 13.2 Å². The fourth-order valence-electron chi connectivity index (χ4n) is 1.59. The highest BCUT2D eigenvalue weighted by atomic mass is 32.2. The first-order valence-corrected chi connectivity index (χ1v) is 7.24. The largest absolute Gasteiger partial charge is 0.545 e. The van der Waals surface area contributed by atoms with Crippen molar-refractivity contribution in [3.63, 3.8) is 0 Å². The van der Waals surface area contributed by atoms with Gasteiger partial charge in [0.15, 0.2) is 0 Å². The second kappa shape index (κ2) is 6.07. The molecule has 0 atom stereocenters. The van der Waals surface area contributed by atoms with E-state index in [-0.39, 0.29) is 0 Å². The van der Waals surface area contributed by atoms with Gasteiger partial charge in [-0.15, -0.1) is 0 Å². The minimum Gasteiger partial charge on any atom is -0.545 e. The summed E-state index contributed by atoms with van der Waals surface area (Å²) in [7, 11) is -5.09. The molecule has 0 unspecified atom stereocenters. The Bertz CT molecular complexity index is 913. The van der Waals surface area contributed by atoms with E-state index >= 15 is 0 Å². The maximum absolute atomic E-state index is 13.4. The van der Waals surface area contributed by atoms with Gasteiger partial charge in [0.05, 0.1) is 5.97 Å². The van der Waals surface area contributed by atoms with E-state index in [0.717, 1.165) is 18.2 Å². The van der Waals surface area contributed by atoms with Gasteiger partial charge < -0.3 is 14.1 Å².